The van der Waals surface area contributed by atoms with Gasteiger partial charge in [0.1, 0.15) is 4.60 Å². The quantitative estimate of drug-likeness (QED) is 0.648. The van der Waals surface area contributed by atoms with Gasteiger partial charge in [0.2, 0.25) is 0 Å². The summed E-state index contributed by atoms with van der Waals surface area (Å²) in [5.74, 6) is 0. The van der Waals surface area contributed by atoms with E-state index in [0.717, 1.165) is 27.0 Å². The summed E-state index contributed by atoms with van der Waals surface area (Å²) in [7, 11) is 0. The summed E-state index contributed by atoms with van der Waals surface area (Å²) in [6, 6.07) is 18.2. The van der Waals surface area contributed by atoms with E-state index in [0.29, 0.717) is 0 Å². The lowest BCUT2D eigenvalue weighted by atomic mass is 10.0. The van der Waals surface area contributed by atoms with Crippen LogP contribution in [0.15, 0.2) is 71.6 Å². The Morgan fingerprint density at radius 1 is 0.789 bits per heavy atom. The summed E-state index contributed by atoms with van der Waals surface area (Å²) >= 11 is 3.40. The lowest BCUT2D eigenvalue weighted by Crippen LogP contribution is -1.85. The minimum absolute atomic E-state index is 0.844. The van der Waals surface area contributed by atoms with Gasteiger partial charge in [-0.05, 0) is 45.8 Å². The van der Waals surface area contributed by atoms with Crippen LogP contribution in [0, 0.1) is 0 Å². The Bertz CT molecular complexity index is 696. The molecule has 0 aliphatic heterocycles. The Kier molecular flexibility index (Phi) is 3.38. The maximum atomic E-state index is 4.48. The van der Waals surface area contributed by atoms with E-state index in [1.165, 1.54) is 0 Å². The molecule has 0 unspecified atom stereocenters. The van der Waals surface area contributed by atoms with E-state index in [1.54, 1.807) is 6.20 Å². The van der Waals surface area contributed by atoms with Gasteiger partial charge in [0.25, 0.3) is 0 Å². The van der Waals surface area contributed by atoms with Crippen molar-refractivity contribution < 1.29 is 0 Å². The van der Waals surface area contributed by atoms with Gasteiger partial charge < -0.3 is 0 Å². The Morgan fingerprint density at radius 2 is 1.58 bits per heavy atom. The largest absolute Gasteiger partial charge is 0.264 e. The second-order valence-corrected chi connectivity index (χ2v) is 4.98. The summed E-state index contributed by atoms with van der Waals surface area (Å²) < 4.78 is 0.844. The van der Waals surface area contributed by atoms with Crippen LogP contribution >= 0.6 is 15.9 Å². The van der Waals surface area contributed by atoms with Crippen LogP contribution < -0.4 is 0 Å². The monoisotopic (exact) mass is 310 g/mol. The Morgan fingerprint density at radius 3 is 2.37 bits per heavy atom. The van der Waals surface area contributed by atoms with Crippen molar-refractivity contribution in [2.45, 2.75) is 0 Å². The molecule has 2 aromatic heterocycles. The van der Waals surface area contributed by atoms with E-state index < -0.39 is 0 Å². The Balaban J connectivity index is 2.06. The molecular weight excluding hydrogens is 300 g/mol. The molecule has 0 radical (unpaired) electrons. The first-order chi connectivity index (χ1) is 9.33. The van der Waals surface area contributed by atoms with Crippen molar-refractivity contribution in [1.29, 1.82) is 0 Å². The summed E-state index contributed by atoms with van der Waals surface area (Å²) in [5.41, 5.74) is 4.31. The van der Waals surface area contributed by atoms with Gasteiger partial charge >= 0.3 is 0 Å². The van der Waals surface area contributed by atoms with Crippen molar-refractivity contribution in [3.63, 3.8) is 0 Å². The summed E-state index contributed by atoms with van der Waals surface area (Å²) in [5, 5.41) is 0. The number of nitrogens with zero attached hydrogens (tertiary/aromatic N) is 2. The molecule has 3 rings (SSSR count). The second kappa shape index (κ2) is 5.33. The number of aromatic nitrogens is 2. The van der Waals surface area contributed by atoms with Crippen LogP contribution in [0.25, 0.3) is 22.4 Å². The smallest absolute Gasteiger partial charge is 0.106 e. The molecule has 0 aliphatic carbocycles. The van der Waals surface area contributed by atoms with Crippen molar-refractivity contribution in [2.75, 3.05) is 0 Å². The summed E-state index contributed by atoms with van der Waals surface area (Å²) in [4.78, 5) is 8.63. The molecule has 2 nitrogen and oxygen atoms in total. The zero-order chi connectivity index (χ0) is 13.1. The molecule has 0 N–H and O–H groups in total. The zero-order valence-corrected chi connectivity index (χ0v) is 11.7. The van der Waals surface area contributed by atoms with Crippen LogP contribution in [0.1, 0.15) is 0 Å². The van der Waals surface area contributed by atoms with Crippen molar-refractivity contribution in [3.05, 3.63) is 71.6 Å². The normalized spacial score (nSPS) is 10.4. The summed E-state index contributed by atoms with van der Waals surface area (Å²) in [6.45, 7) is 0. The molecule has 0 fully saturated rings. The molecule has 1 aromatic carbocycles. The molecule has 0 saturated carbocycles. The fraction of sp³-hybridized carbons (Fsp3) is 0. The Hall–Kier alpha value is -2.00. The van der Waals surface area contributed by atoms with E-state index in [9.17, 15) is 0 Å². The van der Waals surface area contributed by atoms with Gasteiger partial charge in [-0.2, -0.15) is 0 Å². The molecule has 2 heterocycles. The molecule has 3 heteroatoms. The molecule has 0 spiro atoms. The van der Waals surface area contributed by atoms with Gasteiger partial charge in [0.05, 0.1) is 5.69 Å². The molecule has 0 atom stereocenters. The van der Waals surface area contributed by atoms with Crippen LogP contribution in [0.3, 0.4) is 0 Å². The number of hydrogen-bond acceptors (Lipinski definition) is 2. The van der Waals surface area contributed by atoms with E-state index >= 15 is 0 Å². The molecule has 0 bridgehead atoms. The fourth-order valence-corrected chi connectivity index (χ4v) is 2.30. The molecule has 0 amide bonds. The third-order valence-corrected chi connectivity index (χ3v) is 3.31. The standard InChI is InChI=1S/C16H11BrN2/c17-16-8-2-7-15(19-16)13-5-1-4-12(10-13)14-6-3-9-18-11-14/h1-11H. The fourth-order valence-electron chi connectivity index (χ4n) is 1.96. The SMILES string of the molecule is Brc1cccc(-c2cccc(-c3cccnc3)c2)n1. The van der Waals surface area contributed by atoms with Crippen LogP contribution in [-0.2, 0) is 0 Å². The minimum Gasteiger partial charge on any atom is -0.264 e. The first-order valence-corrected chi connectivity index (χ1v) is 6.75. The lowest BCUT2D eigenvalue weighted by Gasteiger charge is -2.05. The highest BCUT2D eigenvalue weighted by atomic mass is 79.9. The predicted octanol–water partition coefficient (Wildman–Crippen LogP) is 4.57. The van der Waals surface area contributed by atoms with Gasteiger partial charge in [-0.3, -0.25) is 4.98 Å². The molecule has 0 saturated heterocycles. The lowest BCUT2D eigenvalue weighted by molar-refractivity contribution is 1.28. The van der Waals surface area contributed by atoms with E-state index in [1.807, 2.05) is 36.5 Å². The number of hydrogen-bond donors (Lipinski definition) is 0. The van der Waals surface area contributed by atoms with Crippen LogP contribution in [0.4, 0.5) is 0 Å². The molecular formula is C16H11BrN2. The first kappa shape index (κ1) is 12.1. The average Bonchev–Trinajstić information content (AvgIpc) is 2.48. The number of rotatable bonds is 2. The van der Waals surface area contributed by atoms with Crippen LogP contribution in [-0.4, -0.2) is 9.97 Å². The highest BCUT2D eigenvalue weighted by Gasteiger charge is 2.03. The van der Waals surface area contributed by atoms with Crippen LogP contribution in [0.2, 0.25) is 0 Å². The van der Waals surface area contributed by atoms with Gasteiger partial charge in [0.15, 0.2) is 0 Å². The van der Waals surface area contributed by atoms with Crippen molar-refractivity contribution in [2.24, 2.45) is 0 Å². The highest BCUT2D eigenvalue weighted by molar-refractivity contribution is 9.10. The maximum absolute atomic E-state index is 4.48. The van der Waals surface area contributed by atoms with Crippen molar-refractivity contribution in [1.82, 2.24) is 9.97 Å². The van der Waals surface area contributed by atoms with Gasteiger partial charge in [0, 0.05) is 23.5 Å². The molecule has 19 heavy (non-hydrogen) atoms. The average molecular weight is 311 g/mol. The number of pyridine rings is 2. The third-order valence-electron chi connectivity index (χ3n) is 2.87. The third kappa shape index (κ3) is 2.71. The van der Waals surface area contributed by atoms with Gasteiger partial charge in [-0.15, -0.1) is 0 Å². The van der Waals surface area contributed by atoms with Crippen molar-refractivity contribution in [3.8, 4) is 22.4 Å². The zero-order valence-electron chi connectivity index (χ0n) is 10.1. The topological polar surface area (TPSA) is 25.8 Å². The number of halogens is 1. The van der Waals surface area contributed by atoms with Crippen molar-refractivity contribution >= 4 is 15.9 Å². The second-order valence-electron chi connectivity index (χ2n) is 4.17. The van der Waals surface area contributed by atoms with E-state index in [4.69, 9.17) is 0 Å². The maximum Gasteiger partial charge on any atom is 0.106 e. The van der Waals surface area contributed by atoms with Crippen LogP contribution in [0.5, 0.6) is 0 Å². The predicted molar refractivity (Wildman–Crippen MR) is 80.6 cm³/mol. The minimum atomic E-state index is 0.844. The Labute approximate surface area is 120 Å². The number of benzene rings is 1. The van der Waals surface area contributed by atoms with E-state index in [-0.39, 0.29) is 0 Å². The molecule has 3 aromatic rings. The van der Waals surface area contributed by atoms with E-state index in [2.05, 4.69) is 50.2 Å². The van der Waals surface area contributed by atoms with Gasteiger partial charge in [-0.1, -0.05) is 30.3 Å². The summed E-state index contributed by atoms with van der Waals surface area (Å²) in [6.07, 6.45) is 3.65. The highest BCUT2D eigenvalue weighted by Crippen LogP contribution is 2.25. The molecule has 0 aliphatic rings. The first-order valence-electron chi connectivity index (χ1n) is 5.96. The van der Waals surface area contributed by atoms with Gasteiger partial charge in [-0.25, -0.2) is 4.98 Å². The molecule has 92 valence electrons.